The number of hydrogen-bond acceptors (Lipinski definition) is 2. The number of urea groups is 1. The van der Waals surface area contributed by atoms with E-state index in [0.29, 0.717) is 38.4 Å². The maximum atomic E-state index is 11.7. The number of rotatable bonds is 3. The first kappa shape index (κ1) is 12.8. The zero-order chi connectivity index (χ0) is 12.1. The number of carbonyl (C=O) groups excluding carboxylic acids is 2. The average molecular weight is 227 g/mol. The van der Waals surface area contributed by atoms with E-state index in [2.05, 4.69) is 19.2 Å². The van der Waals surface area contributed by atoms with Gasteiger partial charge in [0.15, 0.2) is 0 Å². The second-order valence-electron chi connectivity index (χ2n) is 4.74. The van der Waals surface area contributed by atoms with Crippen LogP contribution in [0.15, 0.2) is 0 Å². The van der Waals surface area contributed by atoms with Crippen LogP contribution >= 0.6 is 0 Å². The van der Waals surface area contributed by atoms with E-state index in [-0.39, 0.29) is 17.9 Å². The number of likely N-dealkylation sites (tertiary alicyclic amines) is 1. The summed E-state index contributed by atoms with van der Waals surface area (Å²) < 4.78 is 0. The molecule has 5 nitrogen and oxygen atoms in total. The summed E-state index contributed by atoms with van der Waals surface area (Å²) in [6, 6.07) is -0.0309. The van der Waals surface area contributed by atoms with Crippen LogP contribution < -0.4 is 11.1 Å². The van der Waals surface area contributed by atoms with E-state index >= 15 is 0 Å². The lowest BCUT2D eigenvalue weighted by molar-refractivity contribution is -0.123. The van der Waals surface area contributed by atoms with Crippen molar-refractivity contribution in [3.05, 3.63) is 0 Å². The third-order valence-electron chi connectivity index (χ3n) is 2.85. The zero-order valence-corrected chi connectivity index (χ0v) is 10.0. The zero-order valence-electron chi connectivity index (χ0n) is 10.0. The number of nitrogens with two attached hydrogens (primary N) is 1. The van der Waals surface area contributed by atoms with E-state index in [0.717, 1.165) is 0 Å². The lowest BCUT2D eigenvalue weighted by Crippen LogP contribution is -2.46. The van der Waals surface area contributed by atoms with Gasteiger partial charge in [0.1, 0.15) is 0 Å². The number of amides is 3. The molecule has 0 radical (unpaired) electrons. The van der Waals surface area contributed by atoms with Crippen molar-refractivity contribution >= 4 is 11.9 Å². The fourth-order valence-corrected chi connectivity index (χ4v) is 1.77. The van der Waals surface area contributed by atoms with Gasteiger partial charge in [-0.1, -0.05) is 13.8 Å². The normalized spacial score (nSPS) is 17.6. The molecular weight excluding hydrogens is 206 g/mol. The molecule has 16 heavy (non-hydrogen) atoms. The standard InChI is InChI=1S/C11H21N3O2/c1-8(2)7-13-11(16)14-5-3-9(4-6-14)10(12)15/h8-9H,3-7H2,1-2H3,(H2,12,15)(H,13,16). The predicted octanol–water partition coefficient (Wildman–Crippen LogP) is 0.549. The highest BCUT2D eigenvalue weighted by Crippen LogP contribution is 2.16. The molecule has 0 saturated carbocycles. The number of primary amides is 1. The Labute approximate surface area is 96.4 Å². The van der Waals surface area contributed by atoms with Crippen molar-refractivity contribution in [3.8, 4) is 0 Å². The van der Waals surface area contributed by atoms with Gasteiger partial charge in [0.25, 0.3) is 0 Å². The van der Waals surface area contributed by atoms with Gasteiger partial charge in [-0.2, -0.15) is 0 Å². The Morgan fingerprint density at radius 3 is 2.38 bits per heavy atom. The van der Waals surface area contributed by atoms with E-state index < -0.39 is 0 Å². The van der Waals surface area contributed by atoms with Gasteiger partial charge in [-0.05, 0) is 18.8 Å². The maximum Gasteiger partial charge on any atom is 0.317 e. The van der Waals surface area contributed by atoms with Crippen LogP contribution in [0.5, 0.6) is 0 Å². The lowest BCUT2D eigenvalue weighted by atomic mass is 9.96. The summed E-state index contributed by atoms with van der Waals surface area (Å²) in [5.41, 5.74) is 5.23. The summed E-state index contributed by atoms with van der Waals surface area (Å²) in [6.07, 6.45) is 1.37. The average Bonchev–Trinajstić information content (AvgIpc) is 2.26. The van der Waals surface area contributed by atoms with Gasteiger partial charge in [0, 0.05) is 25.6 Å². The molecule has 0 spiro atoms. The fourth-order valence-electron chi connectivity index (χ4n) is 1.77. The minimum Gasteiger partial charge on any atom is -0.369 e. The molecular formula is C11H21N3O2. The molecule has 0 aliphatic carbocycles. The molecule has 1 aliphatic rings. The van der Waals surface area contributed by atoms with Crippen LogP contribution in [0.4, 0.5) is 4.79 Å². The molecule has 1 saturated heterocycles. The summed E-state index contributed by atoms with van der Waals surface area (Å²) in [6.45, 7) is 6.04. The van der Waals surface area contributed by atoms with Crippen molar-refractivity contribution in [1.29, 1.82) is 0 Å². The SMILES string of the molecule is CC(C)CNC(=O)N1CCC(C(N)=O)CC1. The van der Waals surface area contributed by atoms with Crippen LogP contribution in [0.3, 0.4) is 0 Å². The van der Waals surface area contributed by atoms with Gasteiger partial charge in [-0.15, -0.1) is 0 Å². The number of carbonyl (C=O) groups is 2. The first-order valence-corrected chi connectivity index (χ1v) is 5.82. The van der Waals surface area contributed by atoms with Crippen molar-refractivity contribution in [1.82, 2.24) is 10.2 Å². The van der Waals surface area contributed by atoms with Gasteiger partial charge in [-0.25, -0.2) is 4.79 Å². The topological polar surface area (TPSA) is 75.4 Å². The van der Waals surface area contributed by atoms with Gasteiger partial charge < -0.3 is 16.0 Å². The molecule has 0 aromatic rings. The molecule has 92 valence electrons. The highest BCUT2D eigenvalue weighted by atomic mass is 16.2. The van der Waals surface area contributed by atoms with E-state index in [4.69, 9.17) is 5.73 Å². The van der Waals surface area contributed by atoms with Crippen molar-refractivity contribution in [2.24, 2.45) is 17.6 Å². The summed E-state index contributed by atoms with van der Waals surface area (Å²) in [5.74, 6) is 0.142. The van der Waals surface area contributed by atoms with E-state index in [1.54, 1.807) is 4.90 Å². The highest BCUT2D eigenvalue weighted by Gasteiger charge is 2.25. The first-order chi connectivity index (χ1) is 7.50. The summed E-state index contributed by atoms with van der Waals surface area (Å²) in [7, 11) is 0. The smallest absolute Gasteiger partial charge is 0.317 e. The van der Waals surface area contributed by atoms with Crippen LogP contribution in [-0.2, 0) is 4.79 Å². The number of hydrogen-bond donors (Lipinski definition) is 2. The molecule has 0 atom stereocenters. The molecule has 3 N–H and O–H groups in total. The number of nitrogens with one attached hydrogen (secondary N) is 1. The molecule has 0 aromatic heterocycles. The van der Waals surface area contributed by atoms with Crippen LogP contribution in [0.1, 0.15) is 26.7 Å². The predicted molar refractivity (Wildman–Crippen MR) is 61.7 cm³/mol. The third kappa shape index (κ3) is 3.72. The third-order valence-corrected chi connectivity index (χ3v) is 2.85. The molecule has 0 aromatic carbocycles. The minimum atomic E-state index is -0.248. The molecule has 1 fully saturated rings. The molecule has 3 amide bonds. The van der Waals surface area contributed by atoms with Crippen LogP contribution in [-0.4, -0.2) is 36.5 Å². The minimum absolute atomic E-state index is 0.0309. The van der Waals surface area contributed by atoms with Gasteiger partial charge in [0.05, 0.1) is 0 Å². The molecule has 0 bridgehead atoms. The summed E-state index contributed by atoms with van der Waals surface area (Å²) >= 11 is 0. The van der Waals surface area contributed by atoms with Crippen molar-refractivity contribution in [2.45, 2.75) is 26.7 Å². The maximum absolute atomic E-state index is 11.7. The van der Waals surface area contributed by atoms with E-state index in [9.17, 15) is 9.59 Å². The van der Waals surface area contributed by atoms with Crippen LogP contribution in [0.2, 0.25) is 0 Å². The van der Waals surface area contributed by atoms with E-state index in [1.807, 2.05) is 0 Å². The van der Waals surface area contributed by atoms with Crippen LogP contribution in [0.25, 0.3) is 0 Å². The van der Waals surface area contributed by atoms with Gasteiger partial charge in [0.2, 0.25) is 5.91 Å². The van der Waals surface area contributed by atoms with E-state index in [1.165, 1.54) is 0 Å². The summed E-state index contributed by atoms with van der Waals surface area (Å²) in [4.78, 5) is 24.4. The lowest BCUT2D eigenvalue weighted by Gasteiger charge is -2.30. The number of nitrogens with zero attached hydrogens (tertiary/aromatic N) is 1. The molecule has 1 heterocycles. The quantitative estimate of drug-likeness (QED) is 0.738. The highest BCUT2D eigenvalue weighted by molar-refractivity contribution is 5.78. The molecule has 1 aliphatic heterocycles. The summed E-state index contributed by atoms with van der Waals surface area (Å²) in [5, 5.41) is 2.87. The molecule has 5 heteroatoms. The Morgan fingerprint density at radius 2 is 1.94 bits per heavy atom. The Hall–Kier alpha value is -1.26. The second-order valence-corrected chi connectivity index (χ2v) is 4.74. The molecule has 1 rings (SSSR count). The van der Waals surface area contributed by atoms with Crippen molar-refractivity contribution in [3.63, 3.8) is 0 Å². The Morgan fingerprint density at radius 1 is 1.38 bits per heavy atom. The second kappa shape index (κ2) is 5.72. The Kier molecular flexibility index (Phi) is 4.58. The Balaban J connectivity index is 2.30. The van der Waals surface area contributed by atoms with Gasteiger partial charge >= 0.3 is 6.03 Å². The number of piperidine rings is 1. The first-order valence-electron chi connectivity index (χ1n) is 5.82. The largest absolute Gasteiger partial charge is 0.369 e. The molecule has 0 unspecified atom stereocenters. The fraction of sp³-hybridized carbons (Fsp3) is 0.818. The Bertz CT molecular complexity index is 258. The van der Waals surface area contributed by atoms with Crippen molar-refractivity contribution in [2.75, 3.05) is 19.6 Å². The van der Waals surface area contributed by atoms with Crippen molar-refractivity contribution < 1.29 is 9.59 Å². The van der Waals surface area contributed by atoms with Crippen LogP contribution in [0, 0.1) is 11.8 Å². The van der Waals surface area contributed by atoms with Gasteiger partial charge in [-0.3, -0.25) is 4.79 Å². The monoisotopic (exact) mass is 227 g/mol.